The molecule has 2 atom stereocenters. The molecule has 0 unspecified atom stereocenters. The van der Waals surface area contributed by atoms with E-state index in [2.05, 4.69) is 13.8 Å². The zero-order chi connectivity index (χ0) is 13.1. The Bertz CT molecular complexity index is 192. The number of hydrogen-bond donors (Lipinski definition) is 0. The van der Waals surface area contributed by atoms with E-state index >= 15 is 0 Å². The number of carbonyl (C=O) groups excluding carboxylic acids is 1. The van der Waals surface area contributed by atoms with Crippen molar-refractivity contribution >= 4 is 6.16 Å². The molecule has 0 saturated carbocycles. The lowest BCUT2D eigenvalue weighted by Gasteiger charge is -2.13. The summed E-state index contributed by atoms with van der Waals surface area (Å²) in [4.78, 5) is 11.0. The van der Waals surface area contributed by atoms with E-state index in [1.54, 1.807) is 6.92 Å². The molecule has 0 aromatic heterocycles. The summed E-state index contributed by atoms with van der Waals surface area (Å²) < 4.78 is 9.80. The Labute approximate surface area is 106 Å². The normalized spacial score (nSPS) is 14.1. The van der Waals surface area contributed by atoms with Crippen molar-refractivity contribution < 1.29 is 14.3 Å². The highest BCUT2D eigenvalue weighted by atomic mass is 16.7. The first kappa shape index (κ1) is 16.3. The average molecular weight is 244 g/mol. The quantitative estimate of drug-likeness (QED) is 0.441. The predicted octanol–water partition coefficient (Wildman–Crippen LogP) is 4.54. The molecule has 0 aliphatic heterocycles. The maximum absolute atomic E-state index is 11.0. The minimum Gasteiger partial charge on any atom is -0.435 e. The molecule has 0 fully saturated rings. The van der Waals surface area contributed by atoms with Crippen LogP contribution in [0, 0.1) is 5.92 Å². The molecule has 0 aliphatic carbocycles. The third kappa shape index (κ3) is 10.2. The largest absolute Gasteiger partial charge is 0.508 e. The third-order valence-electron chi connectivity index (χ3n) is 3.06. The van der Waals surface area contributed by atoms with Crippen LogP contribution >= 0.6 is 0 Å². The van der Waals surface area contributed by atoms with Crippen LogP contribution in [0.4, 0.5) is 4.79 Å². The highest BCUT2D eigenvalue weighted by Gasteiger charge is 2.09. The van der Waals surface area contributed by atoms with E-state index in [9.17, 15) is 4.79 Å². The standard InChI is InChI=1S/C14H28O3/c1-5-12(3)10-8-7-9-11-13(4)17-14(15)16-6-2/h12-13H,5-11H2,1-4H3/t12-,13+/m1/s1. The van der Waals surface area contributed by atoms with Gasteiger partial charge in [-0.15, -0.1) is 0 Å². The zero-order valence-electron chi connectivity index (χ0n) is 11.8. The van der Waals surface area contributed by atoms with Crippen molar-refractivity contribution in [2.24, 2.45) is 5.92 Å². The van der Waals surface area contributed by atoms with Crippen LogP contribution in [-0.2, 0) is 9.47 Å². The smallest absolute Gasteiger partial charge is 0.435 e. The maximum atomic E-state index is 11.0. The first-order chi connectivity index (χ1) is 8.10. The van der Waals surface area contributed by atoms with Gasteiger partial charge in [0.05, 0.1) is 6.61 Å². The van der Waals surface area contributed by atoms with Crippen LogP contribution in [0.25, 0.3) is 0 Å². The Hall–Kier alpha value is -0.730. The Morgan fingerprint density at radius 3 is 2.29 bits per heavy atom. The van der Waals surface area contributed by atoms with Crippen LogP contribution < -0.4 is 0 Å². The SMILES string of the molecule is CCOC(=O)O[C@@H](C)CCCCC[C@H](C)CC. The second-order valence-corrected chi connectivity index (χ2v) is 4.76. The second-order valence-electron chi connectivity index (χ2n) is 4.76. The molecule has 0 heterocycles. The molecule has 0 aromatic rings. The molecular formula is C14H28O3. The van der Waals surface area contributed by atoms with Crippen molar-refractivity contribution in [3.63, 3.8) is 0 Å². The summed E-state index contributed by atoms with van der Waals surface area (Å²) in [5.41, 5.74) is 0. The van der Waals surface area contributed by atoms with Gasteiger partial charge in [0.25, 0.3) is 0 Å². The van der Waals surface area contributed by atoms with Crippen LogP contribution in [0.2, 0.25) is 0 Å². The van der Waals surface area contributed by atoms with Crippen LogP contribution in [0.5, 0.6) is 0 Å². The van der Waals surface area contributed by atoms with Crippen molar-refractivity contribution in [2.45, 2.75) is 72.3 Å². The van der Waals surface area contributed by atoms with Gasteiger partial charge in [0.2, 0.25) is 0 Å². The van der Waals surface area contributed by atoms with E-state index in [1.807, 2.05) is 6.92 Å². The van der Waals surface area contributed by atoms with E-state index in [-0.39, 0.29) is 6.10 Å². The van der Waals surface area contributed by atoms with Crippen molar-refractivity contribution in [3.05, 3.63) is 0 Å². The third-order valence-corrected chi connectivity index (χ3v) is 3.06. The van der Waals surface area contributed by atoms with E-state index in [0.717, 1.165) is 18.8 Å². The molecule has 0 saturated heterocycles. The predicted molar refractivity (Wildman–Crippen MR) is 70.1 cm³/mol. The maximum Gasteiger partial charge on any atom is 0.508 e. The van der Waals surface area contributed by atoms with E-state index in [4.69, 9.17) is 9.47 Å². The lowest BCUT2D eigenvalue weighted by molar-refractivity contribution is 0.0289. The first-order valence-corrected chi connectivity index (χ1v) is 6.93. The summed E-state index contributed by atoms with van der Waals surface area (Å²) in [7, 11) is 0. The molecule has 3 heteroatoms. The van der Waals surface area contributed by atoms with Gasteiger partial charge < -0.3 is 9.47 Å². The lowest BCUT2D eigenvalue weighted by atomic mass is 10.00. The van der Waals surface area contributed by atoms with Crippen LogP contribution in [0.15, 0.2) is 0 Å². The Morgan fingerprint density at radius 2 is 1.71 bits per heavy atom. The molecule has 0 spiro atoms. The summed E-state index contributed by atoms with van der Waals surface area (Å²) >= 11 is 0. The molecule has 0 amide bonds. The molecule has 0 rings (SSSR count). The monoisotopic (exact) mass is 244 g/mol. The van der Waals surface area contributed by atoms with Gasteiger partial charge in [-0.2, -0.15) is 0 Å². The van der Waals surface area contributed by atoms with Crippen molar-refractivity contribution in [1.29, 1.82) is 0 Å². The summed E-state index contributed by atoms with van der Waals surface area (Å²) in [6.07, 6.45) is 6.56. The number of ether oxygens (including phenoxy) is 2. The average Bonchev–Trinajstić information content (AvgIpc) is 2.28. The number of unbranched alkanes of at least 4 members (excludes halogenated alkanes) is 2. The van der Waals surface area contributed by atoms with Gasteiger partial charge in [0.15, 0.2) is 0 Å². The van der Waals surface area contributed by atoms with Crippen LogP contribution in [-0.4, -0.2) is 18.9 Å². The van der Waals surface area contributed by atoms with Gasteiger partial charge in [-0.3, -0.25) is 0 Å². The van der Waals surface area contributed by atoms with E-state index < -0.39 is 6.16 Å². The topological polar surface area (TPSA) is 35.5 Å². The van der Waals surface area contributed by atoms with Crippen molar-refractivity contribution in [2.75, 3.05) is 6.61 Å². The molecular weight excluding hydrogens is 216 g/mol. The molecule has 0 bridgehead atoms. The zero-order valence-corrected chi connectivity index (χ0v) is 11.8. The number of carbonyl (C=O) groups is 1. The van der Waals surface area contributed by atoms with Crippen LogP contribution in [0.1, 0.15) is 66.2 Å². The molecule has 3 nitrogen and oxygen atoms in total. The van der Waals surface area contributed by atoms with Gasteiger partial charge in [-0.25, -0.2) is 4.79 Å². The van der Waals surface area contributed by atoms with Gasteiger partial charge in [-0.05, 0) is 32.6 Å². The Balaban J connectivity index is 3.38. The summed E-state index contributed by atoms with van der Waals surface area (Å²) in [5.74, 6) is 0.836. The number of rotatable bonds is 9. The summed E-state index contributed by atoms with van der Waals surface area (Å²) in [6.45, 7) is 8.61. The van der Waals surface area contributed by atoms with E-state index in [1.165, 1.54) is 25.7 Å². The lowest BCUT2D eigenvalue weighted by Crippen LogP contribution is -2.15. The molecule has 17 heavy (non-hydrogen) atoms. The fraction of sp³-hybridized carbons (Fsp3) is 0.929. The molecule has 0 N–H and O–H groups in total. The molecule has 0 aliphatic rings. The summed E-state index contributed by atoms with van der Waals surface area (Å²) in [5, 5.41) is 0. The Morgan fingerprint density at radius 1 is 1.06 bits per heavy atom. The highest BCUT2D eigenvalue weighted by molar-refractivity contribution is 5.59. The summed E-state index contributed by atoms with van der Waals surface area (Å²) in [6, 6.07) is 0. The van der Waals surface area contributed by atoms with Crippen molar-refractivity contribution in [1.82, 2.24) is 0 Å². The Kier molecular flexibility index (Phi) is 9.98. The van der Waals surface area contributed by atoms with Crippen molar-refractivity contribution in [3.8, 4) is 0 Å². The fourth-order valence-corrected chi connectivity index (χ4v) is 1.68. The minimum absolute atomic E-state index is 0.0300. The van der Waals surface area contributed by atoms with Gasteiger partial charge in [-0.1, -0.05) is 39.5 Å². The fourth-order valence-electron chi connectivity index (χ4n) is 1.68. The number of hydrogen-bond acceptors (Lipinski definition) is 3. The highest BCUT2D eigenvalue weighted by Crippen LogP contribution is 2.14. The van der Waals surface area contributed by atoms with Crippen LogP contribution in [0.3, 0.4) is 0 Å². The van der Waals surface area contributed by atoms with Gasteiger partial charge in [0, 0.05) is 0 Å². The molecule has 0 aromatic carbocycles. The first-order valence-electron chi connectivity index (χ1n) is 6.93. The van der Waals surface area contributed by atoms with E-state index in [0.29, 0.717) is 6.61 Å². The second kappa shape index (κ2) is 10.4. The molecule has 102 valence electrons. The minimum atomic E-state index is -0.542. The molecule has 0 radical (unpaired) electrons. The van der Waals surface area contributed by atoms with Gasteiger partial charge in [0.1, 0.15) is 6.10 Å². The van der Waals surface area contributed by atoms with Gasteiger partial charge >= 0.3 is 6.16 Å².